The van der Waals surface area contributed by atoms with Gasteiger partial charge in [-0.15, -0.1) is 11.3 Å². The number of thiophene rings is 1. The van der Waals surface area contributed by atoms with Crippen LogP contribution in [0.3, 0.4) is 0 Å². The maximum Gasteiger partial charge on any atom is 0.242 e. The molecule has 1 fully saturated rings. The summed E-state index contributed by atoms with van der Waals surface area (Å²) in [5.41, 5.74) is 1.16. The summed E-state index contributed by atoms with van der Waals surface area (Å²) in [5, 5.41) is 17.2. The third-order valence-corrected chi connectivity index (χ3v) is 6.32. The smallest absolute Gasteiger partial charge is 0.242 e. The maximum atomic E-state index is 12.7. The van der Waals surface area contributed by atoms with Crippen LogP contribution in [-0.2, 0) is 9.59 Å². The molecule has 2 amide bonds. The zero-order chi connectivity index (χ0) is 21.1. The van der Waals surface area contributed by atoms with E-state index >= 15 is 0 Å². The van der Waals surface area contributed by atoms with Crippen LogP contribution in [-0.4, -0.2) is 42.6 Å². The zero-order valence-corrected chi connectivity index (χ0v) is 17.3. The number of rotatable bonds is 5. The number of carbonyl (C=O) groups excluding carboxylic acids is 2. The Bertz CT molecular complexity index is 991. The van der Waals surface area contributed by atoms with Gasteiger partial charge in [-0.05, 0) is 56.4 Å². The van der Waals surface area contributed by atoms with Gasteiger partial charge in [0.1, 0.15) is 11.1 Å². The van der Waals surface area contributed by atoms with E-state index in [2.05, 4.69) is 21.6 Å². The van der Waals surface area contributed by atoms with Crippen molar-refractivity contribution in [3.63, 3.8) is 0 Å². The first kappa shape index (κ1) is 20.2. The second-order valence-electron chi connectivity index (χ2n) is 7.31. The molecule has 8 nitrogen and oxygen atoms in total. The number of fused-ring (bicyclic) bond motifs is 1. The minimum atomic E-state index is -0.337. The molecule has 2 aromatic rings. The normalized spacial score (nSPS) is 17.2. The van der Waals surface area contributed by atoms with Gasteiger partial charge in [0.25, 0.3) is 0 Å². The monoisotopic (exact) mass is 426 g/mol. The number of carbonyl (C=O) groups is 2. The molecule has 9 heteroatoms. The maximum absolute atomic E-state index is 12.7. The average Bonchev–Trinajstić information content (AvgIpc) is 3.41. The second-order valence-corrected chi connectivity index (χ2v) is 8.22. The Morgan fingerprint density at radius 1 is 1.20 bits per heavy atom. The number of ether oxygens (including phenoxy) is 2. The highest BCUT2D eigenvalue weighted by atomic mass is 32.1. The molecular weight excluding hydrogens is 404 g/mol. The van der Waals surface area contributed by atoms with Gasteiger partial charge in [-0.3, -0.25) is 14.5 Å². The molecule has 30 heavy (non-hydrogen) atoms. The van der Waals surface area contributed by atoms with Crippen LogP contribution >= 0.6 is 11.3 Å². The molecule has 2 aliphatic heterocycles. The molecule has 0 spiro atoms. The first-order valence-electron chi connectivity index (χ1n) is 9.78. The van der Waals surface area contributed by atoms with Gasteiger partial charge in [0.15, 0.2) is 11.5 Å². The Kier molecular flexibility index (Phi) is 5.88. The third-order valence-electron chi connectivity index (χ3n) is 5.49. The lowest BCUT2D eigenvalue weighted by molar-refractivity contribution is -0.123. The molecule has 1 atom stereocenters. The summed E-state index contributed by atoms with van der Waals surface area (Å²) in [5.74, 6) is 1.04. The van der Waals surface area contributed by atoms with E-state index in [0.29, 0.717) is 53.7 Å². The summed E-state index contributed by atoms with van der Waals surface area (Å²) >= 11 is 1.34. The van der Waals surface area contributed by atoms with E-state index in [1.165, 1.54) is 11.3 Å². The molecule has 4 rings (SSSR count). The summed E-state index contributed by atoms with van der Waals surface area (Å²) < 4.78 is 10.6. The molecule has 0 bridgehead atoms. The molecule has 0 radical (unpaired) electrons. The van der Waals surface area contributed by atoms with Gasteiger partial charge < -0.3 is 20.1 Å². The predicted octanol–water partition coefficient (Wildman–Crippen LogP) is 3.03. The van der Waals surface area contributed by atoms with Crippen LogP contribution < -0.4 is 20.1 Å². The SMILES string of the molecule is CC(C(=O)Nc1sccc1C#N)N1CCC(C(=O)Nc2ccc3c(c2)OCO3)CC1. The molecule has 1 unspecified atom stereocenters. The summed E-state index contributed by atoms with van der Waals surface area (Å²) in [7, 11) is 0. The lowest BCUT2D eigenvalue weighted by Gasteiger charge is -2.34. The lowest BCUT2D eigenvalue weighted by atomic mass is 9.94. The second kappa shape index (κ2) is 8.73. The van der Waals surface area contributed by atoms with Crippen LogP contribution in [0.25, 0.3) is 0 Å². The van der Waals surface area contributed by atoms with Gasteiger partial charge in [-0.2, -0.15) is 5.26 Å². The van der Waals surface area contributed by atoms with Gasteiger partial charge in [-0.1, -0.05) is 0 Å². The molecule has 2 N–H and O–H groups in total. The fourth-order valence-electron chi connectivity index (χ4n) is 3.64. The van der Waals surface area contributed by atoms with E-state index in [-0.39, 0.29) is 30.6 Å². The molecule has 1 saturated heterocycles. The molecule has 2 aliphatic rings. The van der Waals surface area contributed by atoms with E-state index in [1.54, 1.807) is 29.6 Å². The first-order valence-corrected chi connectivity index (χ1v) is 10.7. The van der Waals surface area contributed by atoms with Crippen molar-refractivity contribution < 1.29 is 19.1 Å². The molecule has 1 aromatic heterocycles. The van der Waals surface area contributed by atoms with Gasteiger partial charge >= 0.3 is 0 Å². The van der Waals surface area contributed by atoms with E-state index in [0.717, 1.165) is 0 Å². The molecule has 156 valence electrons. The first-order chi connectivity index (χ1) is 14.5. The van der Waals surface area contributed by atoms with Crippen molar-refractivity contribution in [3.05, 3.63) is 35.2 Å². The Labute approximate surface area is 178 Å². The number of nitrogens with zero attached hydrogens (tertiary/aromatic N) is 2. The van der Waals surface area contributed by atoms with Crippen molar-refractivity contribution in [1.29, 1.82) is 5.26 Å². The molecular formula is C21H22N4O4S. The van der Waals surface area contributed by atoms with Crippen molar-refractivity contribution in [2.45, 2.75) is 25.8 Å². The topological polar surface area (TPSA) is 104 Å². The highest BCUT2D eigenvalue weighted by Gasteiger charge is 2.30. The van der Waals surface area contributed by atoms with Crippen LogP contribution in [0.15, 0.2) is 29.6 Å². The third kappa shape index (κ3) is 4.25. The number of hydrogen-bond donors (Lipinski definition) is 2. The quantitative estimate of drug-likeness (QED) is 0.762. The Balaban J connectivity index is 1.28. The van der Waals surface area contributed by atoms with Crippen LogP contribution in [0.4, 0.5) is 10.7 Å². The Morgan fingerprint density at radius 3 is 2.73 bits per heavy atom. The summed E-state index contributed by atoms with van der Waals surface area (Å²) in [4.78, 5) is 27.3. The number of nitriles is 1. The Hall–Kier alpha value is -3.09. The molecule has 1 aromatic carbocycles. The standard InChI is InChI=1S/C21H22N4O4S/c1-13(19(26)24-21-15(11-22)6-9-30-21)25-7-4-14(5-8-25)20(27)23-16-2-3-17-18(10-16)29-12-28-17/h2-3,6,9-10,13-14H,4-5,7-8,12H2,1H3,(H,23,27)(H,24,26). The van der Waals surface area contributed by atoms with Gasteiger partial charge in [-0.25, -0.2) is 0 Å². The number of benzene rings is 1. The number of hydrogen-bond acceptors (Lipinski definition) is 7. The highest BCUT2D eigenvalue weighted by molar-refractivity contribution is 7.14. The van der Waals surface area contributed by atoms with Crippen LogP contribution in [0.2, 0.25) is 0 Å². The number of piperidine rings is 1. The van der Waals surface area contributed by atoms with Crippen molar-refractivity contribution in [2.75, 3.05) is 30.5 Å². The van der Waals surface area contributed by atoms with Crippen molar-refractivity contribution >= 4 is 33.8 Å². The predicted molar refractivity (Wildman–Crippen MR) is 113 cm³/mol. The van der Waals surface area contributed by atoms with Gasteiger partial charge in [0, 0.05) is 17.7 Å². The Morgan fingerprint density at radius 2 is 1.97 bits per heavy atom. The molecule has 3 heterocycles. The van der Waals surface area contributed by atoms with Crippen molar-refractivity contribution in [1.82, 2.24) is 4.90 Å². The molecule has 0 aliphatic carbocycles. The highest BCUT2D eigenvalue weighted by Crippen LogP contribution is 2.34. The largest absolute Gasteiger partial charge is 0.454 e. The zero-order valence-electron chi connectivity index (χ0n) is 16.5. The average molecular weight is 426 g/mol. The number of amides is 2. The summed E-state index contributed by atoms with van der Waals surface area (Å²) in [6, 6.07) is 8.78. The number of anilines is 2. The summed E-state index contributed by atoms with van der Waals surface area (Å²) in [6.07, 6.45) is 1.35. The van der Waals surface area contributed by atoms with Crippen molar-refractivity contribution in [3.8, 4) is 17.6 Å². The van der Waals surface area contributed by atoms with E-state index in [9.17, 15) is 9.59 Å². The van der Waals surface area contributed by atoms with Crippen LogP contribution in [0.5, 0.6) is 11.5 Å². The fourth-order valence-corrected chi connectivity index (χ4v) is 4.38. The number of likely N-dealkylation sites (tertiary alicyclic amines) is 1. The van der Waals surface area contributed by atoms with Gasteiger partial charge in [0.2, 0.25) is 18.6 Å². The molecule has 0 saturated carbocycles. The lowest BCUT2D eigenvalue weighted by Crippen LogP contribution is -2.47. The van der Waals surface area contributed by atoms with Crippen LogP contribution in [0, 0.1) is 17.2 Å². The van der Waals surface area contributed by atoms with E-state index < -0.39 is 0 Å². The van der Waals surface area contributed by atoms with Crippen molar-refractivity contribution in [2.24, 2.45) is 5.92 Å². The minimum absolute atomic E-state index is 0.0251. The summed E-state index contributed by atoms with van der Waals surface area (Å²) in [6.45, 7) is 3.36. The number of nitrogens with one attached hydrogen (secondary N) is 2. The fraction of sp³-hybridized carbons (Fsp3) is 0.381. The van der Waals surface area contributed by atoms with E-state index in [1.807, 2.05) is 6.92 Å². The van der Waals surface area contributed by atoms with Crippen LogP contribution in [0.1, 0.15) is 25.3 Å². The van der Waals surface area contributed by atoms with E-state index in [4.69, 9.17) is 14.7 Å². The van der Waals surface area contributed by atoms with Gasteiger partial charge in [0.05, 0.1) is 11.6 Å². The minimum Gasteiger partial charge on any atom is -0.454 e.